The second kappa shape index (κ2) is 10.7. The lowest BCUT2D eigenvalue weighted by Gasteiger charge is -2.20. The van der Waals surface area contributed by atoms with Crippen LogP contribution in [0.1, 0.15) is 52.4 Å². The molecule has 0 atom stereocenters. The summed E-state index contributed by atoms with van der Waals surface area (Å²) in [5, 5.41) is 1.95. The van der Waals surface area contributed by atoms with E-state index in [2.05, 4.69) is 26.5 Å². The van der Waals surface area contributed by atoms with Gasteiger partial charge in [0.05, 0.1) is 0 Å². The topological polar surface area (TPSA) is 12.5 Å². The number of hydrogen-bond donors (Lipinski definition) is 1. The third kappa shape index (κ3) is 10.5. The molecule has 0 aliphatic carbocycles. The summed E-state index contributed by atoms with van der Waals surface area (Å²) < 4.78 is 0.322. The van der Waals surface area contributed by atoms with E-state index in [0.29, 0.717) is 4.38 Å². The molecule has 0 aromatic carbocycles. The third-order valence-electron chi connectivity index (χ3n) is 2.23. The molecule has 0 heterocycles. The van der Waals surface area contributed by atoms with Crippen LogP contribution in [0.3, 0.4) is 0 Å². The first-order valence-corrected chi connectivity index (χ1v) is 6.72. The van der Waals surface area contributed by atoms with Crippen LogP contribution in [0.25, 0.3) is 0 Å². The van der Waals surface area contributed by atoms with E-state index in [1.807, 2.05) is 5.06 Å². The van der Waals surface area contributed by atoms with E-state index in [1.54, 1.807) is 0 Å². The number of rotatable bonds is 9. The number of hydrogen-bond acceptors (Lipinski definition) is 3. The predicted octanol–water partition coefficient (Wildman–Crippen LogP) is 3.82. The number of thiocarbonyl (C=S) groups is 1. The maximum absolute atomic E-state index is 5.37. The van der Waals surface area contributed by atoms with Crippen molar-refractivity contribution in [1.29, 1.82) is 0 Å². The van der Waals surface area contributed by atoms with E-state index in [-0.39, 0.29) is 0 Å². The Kier molecular flexibility index (Phi) is 10.9. The van der Waals surface area contributed by atoms with Gasteiger partial charge in [-0.25, -0.2) is 0 Å². The highest BCUT2D eigenvalue weighted by Gasteiger charge is 2.06. The van der Waals surface area contributed by atoms with Crippen LogP contribution in [-0.2, 0) is 4.84 Å². The van der Waals surface area contributed by atoms with Gasteiger partial charge in [0.15, 0.2) is 0 Å². The van der Waals surface area contributed by atoms with Crippen LogP contribution < -0.4 is 0 Å². The molecule has 0 aliphatic rings. The minimum absolute atomic E-state index is 0.322. The summed E-state index contributed by atoms with van der Waals surface area (Å²) in [6, 6.07) is 0. The first-order chi connectivity index (χ1) is 7.20. The number of unbranched alkanes of at least 4 members (excludes halogenated alkanes) is 4. The van der Waals surface area contributed by atoms with Gasteiger partial charge in [-0.3, -0.25) is 0 Å². The Labute approximate surface area is 105 Å². The second-order valence-corrected chi connectivity index (χ2v) is 4.78. The molecule has 0 unspecified atom stereocenters. The fourth-order valence-electron chi connectivity index (χ4n) is 1.39. The highest BCUT2D eigenvalue weighted by molar-refractivity contribution is 8.10. The molecule has 15 heavy (non-hydrogen) atoms. The van der Waals surface area contributed by atoms with E-state index in [9.17, 15) is 0 Å². The van der Waals surface area contributed by atoms with E-state index in [4.69, 9.17) is 17.1 Å². The summed E-state index contributed by atoms with van der Waals surface area (Å²) in [5.41, 5.74) is 0. The van der Waals surface area contributed by atoms with Crippen molar-refractivity contribution >= 4 is 29.2 Å². The monoisotopic (exact) mass is 249 g/mol. The minimum atomic E-state index is 0.322. The first-order valence-electron chi connectivity index (χ1n) is 5.86. The van der Waals surface area contributed by atoms with Gasteiger partial charge in [-0.05, 0) is 25.1 Å². The Morgan fingerprint density at radius 3 is 1.87 bits per heavy atom. The largest absolute Gasteiger partial charge is 0.387 e. The number of hydroxylamine groups is 2. The molecule has 0 aromatic rings. The van der Waals surface area contributed by atoms with Gasteiger partial charge in [-0.1, -0.05) is 52.2 Å². The number of nitrogens with zero attached hydrogens (tertiary/aromatic N) is 1. The van der Waals surface area contributed by atoms with Crippen LogP contribution >= 0.6 is 24.8 Å². The predicted molar refractivity (Wildman–Crippen MR) is 73.3 cm³/mol. The Morgan fingerprint density at radius 1 is 1.07 bits per heavy atom. The van der Waals surface area contributed by atoms with Gasteiger partial charge >= 0.3 is 0 Å². The molecule has 2 nitrogen and oxygen atoms in total. The molecule has 0 aliphatic heterocycles. The SMILES string of the molecule is CCCCCN(CCCCC)OC(=S)S. The quantitative estimate of drug-likeness (QED) is 0.289. The highest BCUT2D eigenvalue weighted by Crippen LogP contribution is 2.05. The summed E-state index contributed by atoms with van der Waals surface area (Å²) >= 11 is 8.82. The molecule has 0 spiro atoms. The standard InChI is InChI=1S/C11H23NOS2/c1-3-5-7-9-12(13-11(14)15)10-8-6-4-2/h3-10H2,1-2H3,(H,14,15). The molecular weight excluding hydrogens is 226 g/mol. The van der Waals surface area contributed by atoms with E-state index >= 15 is 0 Å². The van der Waals surface area contributed by atoms with Gasteiger partial charge in [0.2, 0.25) is 4.38 Å². The zero-order valence-electron chi connectivity index (χ0n) is 9.87. The summed E-state index contributed by atoms with van der Waals surface area (Å²) in [5.74, 6) is 0. The summed E-state index contributed by atoms with van der Waals surface area (Å²) in [6.07, 6.45) is 7.28. The number of thiol groups is 1. The zero-order chi connectivity index (χ0) is 11.5. The molecule has 0 saturated heterocycles. The first kappa shape index (κ1) is 15.2. The average Bonchev–Trinajstić information content (AvgIpc) is 2.17. The fraction of sp³-hybridized carbons (Fsp3) is 0.909. The van der Waals surface area contributed by atoms with Crippen LogP contribution in [0, 0.1) is 0 Å². The summed E-state index contributed by atoms with van der Waals surface area (Å²) in [6.45, 7) is 6.31. The molecule has 90 valence electrons. The minimum Gasteiger partial charge on any atom is -0.387 e. The van der Waals surface area contributed by atoms with Crippen molar-refractivity contribution in [1.82, 2.24) is 5.06 Å². The highest BCUT2D eigenvalue weighted by atomic mass is 32.1. The molecule has 0 aromatic heterocycles. The van der Waals surface area contributed by atoms with Crippen molar-refractivity contribution in [3.8, 4) is 0 Å². The van der Waals surface area contributed by atoms with Crippen LogP contribution in [0.15, 0.2) is 0 Å². The molecule has 0 radical (unpaired) electrons. The molecule has 0 rings (SSSR count). The van der Waals surface area contributed by atoms with Crippen molar-refractivity contribution < 1.29 is 4.84 Å². The van der Waals surface area contributed by atoms with Crippen molar-refractivity contribution in [2.24, 2.45) is 0 Å². The molecule has 0 amide bonds. The Hall–Kier alpha value is 0.200. The molecule has 0 fully saturated rings. The van der Waals surface area contributed by atoms with Gasteiger partial charge in [-0.2, -0.15) is 0 Å². The Balaban J connectivity index is 3.68. The Bertz CT molecular complexity index is 155. The summed E-state index contributed by atoms with van der Waals surface area (Å²) in [7, 11) is 0. The van der Waals surface area contributed by atoms with Gasteiger partial charge < -0.3 is 4.84 Å². The second-order valence-electron chi connectivity index (χ2n) is 3.70. The Morgan fingerprint density at radius 2 is 1.53 bits per heavy atom. The maximum Gasteiger partial charge on any atom is 0.241 e. The molecule has 0 bridgehead atoms. The van der Waals surface area contributed by atoms with Crippen molar-refractivity contribution in [3.63, 3.8) is 0 Å². The fourth-order valence-corrected chi connectivity index (χ4v) is 1.61. The van der Waals surface area contributed by atoms with Gasteiger partial charge in [0.1, 0.15) is 0 Å². The zero-order valence-corrected chi connectivity index (χ0v) is 11.6. The van der Waals surface area contributed by atoms with Crippen molar-refractivity contribution in [3.05, 3.63) is 0 Å². The van der Waals surface area contributed by atoms with Gasteiger partial charge in [0.25, 0.3) is 0 Å². The summed E-state index contributed by atoms with van der Waals surface area (Å²) in [4.78, 5) is 5.37. The lowest BCUT2D eigenvalue weighted by Crippen LogP contribution is -2.27. The normalized spacial score (nSPS) is 10.7. The molecule has 0 N–H and O–H groups in total. The molecule has 0 saturated carbocycles. The van der Waals surface area contributed by atoms with Crippen LogP contribution in [-0.4, -0.2) is 22.5 Å². The van der Waals surface area contributed by atoms with E-state index in [1.165, 1.54) is 38.5 Å². The smallest absolute Gasteiger partial charge is 0.241 e. The average molecular weight is 249 g/mol. The molecular formula is C11H23NOS2. The van der Waals surface area contributed by atoms with Gasteiger partial charge in [-0.15, -0.1) is 5.06 Å². The van der Waals surface area contributed by atoms with Crippen molar-refractivity contribution in [2.75, 3.05) is 13.1 Å². The van der Waals surface area contributed by atoms with Crippen LogP contribution in [0.2, 0.25) is 0 Å². The maximum atomic E-state index is 5.37. The van der Waals surface area contributed by atoms with Crippen molar-refractivity contribution in [2.45, 2.75) is 52.4 Å². The van der Waals surface area contributed by atoms with Crippen LogP contribution in [0.4, 0.5) is 0 Å². The third-order valence-corrected chi connectivity index (χ3v) is 2.39. The van der Waals surface area contributed by atoms with E-state index < -0.39 is 0 Å². The van der Waals surface area contributed by atoms with Crippen LogP contribution in [0.5, 0.6) is 0 Å². The lowest BCUT2D eigenvalue weighted by atomic mass is 10.2. The van der Waals surface area contributed by atoms with E-state index in [0.717, 1.165) is 13.1 Å². The molecule has 4 heteroatoms. The van der Waals surface area contributed by atoms with Gasteiger partial charge in [0, 0.05) is 13.1 Å². The lowest BCUT2D eigenvalue weighted by molar-refractivity contribution is -0.0675.